The van der Waals surface area contributed by atoms with Crippen molar-refractivity contribution in [1.82, 2.24) is 4.90 Å². The van der Waals surface area contributed by atoms with Gasteiger partial charge in [0.15, 0.2) is 0 Å². The third-order valence-corrected chi connectivity index (χ3v) is 10.4. The van der Waals surface area contributed by atoms with E-state index < -0.39 is 6.16 Å². The van der Waals surface area contributed by atoms with Gasteiger partial charge in [0, 0.05) is 6.54 Å². The molecule has 0 saturated heterocycles. The van der Waals surface area contributed by atoms with Crippen LogP contribution in [0.5, 0.6) is 11.5 Å². The third-order valence-electron chi connectivity index (χ3n) is 9.60. The molecule has 0 unspecified atom stereocenters. The Bertz CT molecular complexity index is 1110. The molecule has 0 amide bonds. The average molecular weight is 845 g/mol. The summed E-state index contributed by atoms with van der Waals surface area (Å²) in [5.41, 5.74) is 0.817. The number of benzene rings is 1. The minimum absolute atomic E-state index is 0.0996. The first kappa shape index (κ1) is 51.5. The van der Waals surface area contributed by atoms with Gasteiger partial charge in [-0.1, -0.05) is 140 Å². The highest BCUT2D eigenvalue weighted by molar-refractivity contribution is 9.10. The summed E-state index contributed by atoms with van der Waals surface area (Å²) in [6.45, 7) is 7.07. The van der Waals surface area contributed by atoms with E-state index in [4.69, 9.17) is 18.9 Å². The summed E-state index contributed by atoms with van der Waals surface area (Å²) in [4.78, 5) is 14.3. The summed E-state index contributed by atoms with van der Waals surface area (Å²) in [5, 5.41) is 0. The lowest BCUT2D eigenvalue weighted by Crippen LogP contribution is -2.16. The van der Waals surface area contributed by atoms with Crippen LogP contribution in [0.1, 0.15) is 180 Å². The number of hydrogen-bond donors (Lipinski definition) is 0. The van der Waals surface area contributed by atoms with Crippen molar-refractivity contribution >= 4 is 22.1 Å². The van der Waals surface area contributed by atoms with Crippen molar-refractivity contribution in [2.24, 2.45) is 0 Å². The van der Waals surface area contributed by atoms with E-state index in [0.717, 1.165) is 73.0 Å². The number of carbonyl (C=O) groups excluding carboxylic acids is 1. The number of unbranched alkanes of at least 4 members (excludes halogenated alkanes) is 18. The highest BCUT2D eigenvalue weighted by Crippen LogP contribution is 2.37. The van der Waals surface area contributed by atoms with E-state index in [1.807, 2.05) is 26.2 Å². The molecule has 0 fully saturated rings. The van der Waals surface area contributed by atoms with Gasteiger partial charge in [0.25, 0.3) is 0 Å². The van der Waals surface area contributed by atoms with Crippen LogP contribution in [-0.4, -0.2) is 51.5 Å². The van der Waals surface area contributed by atoms with E-state index in [1.165, 1.54) is 116 Å². The summed E-state index contributed by atoms with van der Waals surface area (Å²) in [6.07, 6.45) is 47.8. The van der Waals surface area contributed by atoms with Gasteiger partial charge in [0.2, 0.25) is 0 Å². The number of carbonyl (C=O) groups is 1. The quantitative estimate of drug-likeness (QED) is 0.0375. The van der Waals surface area contributed by atoms with Crippen LogP contribution in [0.2, 0.25) is 0 Å². The van der Waals surface area contributed by atoms with Gasteiger partial charge >= 0.3 is 6.16 Å². The van der Waals surface area contributed by atoms with Crippen LogP contribution >= 0.6 is 15.9 Å². The summed E-state index contributed by atoms with van der Waals surface area (Å²) < 4.78 is 24.0. The summed E-state index contributed by atoms with van der Waals surface area (Å²) >= 11 is 3.74. The van der Waals surface area contributed by atoms with Gasteiger partial charge in [-0.3, -0.25) is 0 Å². The van der Waals surface area contributed by atoms with Gasteiger partial charge < -0.3 is 23.8 Å². The highest BCUT2D eigenvalue weighted by Gasteiger charge is 2.14. The summed E-state index contributed by atoms with van der Waals surface area (Å²) in [7, 11) is 4.00. The normalized spacial score (nSPS) is 12.0. The Balaban J connectivity index is 2.41. The molecule has 6 nitrogen and oxygen atoms in total. The fourth-order valence-electron chi connectivity index (χ4n) is 6.18. The Hall–Kier alpha value is -2.51. The van der Waals surface area contributed by atoms with E-state index in [2.05, 4.69) is 83.3 Å². The van der Waals surface area contributed by atoms with E-state index in [-0.39, 0.29) is 6.61 Å². The molecule has 1 rings (SSSR count). The van der Waals surface area contributed by atoms with Crippen LogP contribution in [0.3, 0.4) is 0 Å². The number of allylic oxidation sites excluding steroid dienone is 8. The fraction of sp³-hybridized carbons (Fsp3) is 0.694. The van der Waals surface area contributed by atoms with Crippen LogP contribution < -0.4 is 9.47 Å². The molecule has 0 atom stereocenters. The van der Waals surface area contributed by atoms with Crippen LogP contribution in [0, 0.1) is 0 Å². The molecule has 0 bridgehead atoms. The zero-order valence-corrected chi connectivity index (χ0v) is 37.9. The van der Waals surface area contributed by atoms with Gasteiger partial charge in [-0.2, -0.15) is 0 Å². The van der Waals surface area contributed by atoms with Crippen molar-refractivity contribution in [3.05, 3.63) is 70.8 Å². The lowest BCUT2D eigenvalue weighted by atomic mass is 10.1. The predicted molar refractivity (Wildman–Crippen MR) is 243 cm³/mol. The van der Waals surface area contributed by atoms with Crippen LogP contribution in [0.25, 0.3) is 0 Å². The van der Waals surface area contributed by atoms with Crippen LogP contribution in [-0.2, 0) is 16.1 Å². The van der Waals surface area contributed by atoms with Crippen molar-refractivity contribution in [3.8, 4) is 11.5 Å². The highest BCUT2D eigenvalue weighted by atomic mass is 79.9. The van der Waals surface area contributed by atoms with Gasteiger partial charge in [-0.25, -0.2) is 4.79 Å². The first-order chi connectivity index (χ1) is 27.5. The molecule has 0 spiro atoms. The zero-order valence-electron chi connectivity index (χ0n) is 36.4. The maximum Gasteiger partial charge on any atom is 0.508 e. The molecule has 0 aliphatic carbocycles. The molecule has 320 valence electrons. The lowest BCUT2D eigenvalue weighted by molar-refractivity contribution is 0.0479. The van der Waals surface area contributed by atoms with Crippen molar-refractivity contribution < 1.29 is 23.7 Å². The second-order valence-electron chi connectivity index (χ2n) is 15.3. The topological polar surface area (TPSA) is 57.2 Å². The maximum absolute atomic E-state index is 12.2. The summed E-state index contributed by atoms with van der Waals surface area (Å²) in [6, 6.07) is 3.87. The van der Waals surface area contributed by atoms with E-state index in [9.17, 15) is 4.79 Å². The second kappa shape index (κ2) is 39.3. The SMILES string of the molecule is CCCCCC=CCC=CCCCCCCCCOc1cc(COC(=O)OCCCN(C)C)cc(OCCCCCCCCC=CCC=CCCCCC)c1Br. The van der Waals surface area contributed by atoms with Crippen molar-refractivity contribution in [3.63, 3.8) is 0 Å². The molecule has 0 N–H and O–H groups in total. The first-order valence-corrected chi connectivity index (χ1v) is 23.4. The molecule has 0 radical (unpaired) electrons. The van der Waals surface area contributed by atoms with E-state index in [0.29, 0.717) is 19.8 Å². The molecule has 1 aromatic carbocycles. The third kappa shape index (κ3) is 32.6. The second-order valence-corrected chi connectivity index (χ2v) is 16.1. The molecule has 0 aliphatic heterocycles. The minimum atomic E-state index is -0.653. The number of hydrogen-bond acceptors (Lipinski definition) is 6. The molecular weight excluding hydrogens is 762 g/mol. The molecule has 56 heavy (non-hydrogen) atoms. The standard InChI is InChI=1S/C49H82BrNO5/c1-5-7-9-11-13-15-17-19-21-23-25-27-29-31-33-35-39-53-46-42-45(44-56-49(52)55-41-37-38-51(3)4)43-47(48(46)50)54-40-36-34-32-30-28-26-24-22-20-18-16-14-12-10-8-6-2/h13-16,19-22,42-43H,5-12,17-18,23-41,44H2,1-4H3. The van der Waals surface area contributed by atoms with E-state index in [1.54, 1.807) is 0 Å². The van der Waals surface area contributed by atoms with Gasteiger partial charge in [0.1, 0.15) is 22.6 Å². The maximum atomic E-state index is 12.2. The molecule has 0 aliphatic rings. The fourth-order valence-corrected chi connectivity index (χ4v) is 6.64. The summed E-state index contributed by atoms with van der Waals surface area (Å²) in [5.74, 6) is 1.44. The molecule has 0 heterocycles. The van der Waals surface area contributed by atoms with Crippen molar-refractivity contribution in [2.45, 2.75) is 181 Å². The Labute approximate surface area is 353 Å². The Morgan fingerprint density at radius 3 is 1.38 bits per heavy atom. The first-order valence-electron chi connectivity index (χ1n) is 22.6. The molecular formula is C49H82BrNO5. The molecule has 0 saturated carbocycles. The van der Waals surface area contributed by atoms with E-state index >= 15 is 0 Å². The van der Waals surface area contributed by atoms with Gasteiger partial charge in [-0.15, -0.1) is 0 Å². The molecule has 0 aromatic heterocycles. The van der Waals surface area contributed by atoms with Crippen molar-refractivity contribution in [1.29, 1.82) is 0 Å². The lowest BCUT2D eigenvalue weighted by Gasteiger charge is -2.16. The number of halogens is 1. The van der Waals surface area contributed by atoms with Crippen molar-refractivity contribution in [2.75, 3.05) is 40.5 Å². The number of rotatable bonds is 38. The number of ether oxygens (including phenoxy) is 4. The van der Waals surface area contributed by atoms with Crippen LogP contribution in [0.4, 0.5) is 4.79 Å². The Morgan fingerprint density at radius 1 is 0.536 bits per heavy atom. The van der Waals surface area contributed by atoms with Crippen LogP contribution in [0.15, 0.2) is 65.2 Å². The smallest absolute Gasteiger partial charge is 0.492 e. The predicted octanol–water partition coefficient (Wildman–Crippen LogP) is 15.4. The zero-order chi connectivity index (χ0) is 40.6. The van der Waals surface area contributed by atoms with Gasteiger partial charge in [0.05, 0.1) is 19.8 Å². The average Bonchev–Trinajstić information content (AvgIpc) is 3.19. The largest absolute Gasteiger partial charge is 0.508 e. The van der Waals surface area contributed by atoms with Gasteiger partial charge in [-0.05, 0) is 131 Å². The molecule has 7 heteroatoms. The monoisotopic (exact) mass is 844 g/mol. The molecule has 1 aromatic rings. The Kier molecular flexibility index (Phi) is 36.2. The minimum Gasteiger partial charge on any atom is -0.492 e. The number of nitrogens with zero attached hydrogens (tertiary/aromatic N) is 1. The Morgan fingerprint density at radius 2 is 0.946 bits per heavy atom.